The van der Waals surface area contributed by atoms with E-state index in [2.05, 4.69) is 10.6 Å². The zero-order chi connectivity index (χ0) is 16.2. The number of fused-ring (bicyclic) bond motifs is 1. The lowest BCUT2D eigenvalue weighted by atomic mass is 10.1. The topological polar surface area (TPSA) is 74.6 Å². The van der Waals surface area contributed by atoms with Crippen molar-refractivity contribution in [1.29, 1.82) is 0 Å². The first-order valence-corrected chi connectivity index (χ1v) is 7.93. The molecular formula is C17H21N3O3. The molecule has 23 heavy (non-hydrogen) atoms. The molecule has 0 saturated carbocycles. The summed E-state index contributed by atoms with van der Waals surface area (Å²) in [5, 5.41) is 6.66. The molecule has 0 spiro atoms. The molecule has 1 aliphatic heterocycles. The molecular weight excluding hydrogens is 294 g/mol. The SMILES string of the molecule is CCN1CCNC(=O)[C@@H]1CC(=O)NCc1cc2ccccc2o1. The quantitative estimate of drug-likeness (QED) is 0.871. The summed E-state index contributed by atoms with van der Waals surface area (Å²) in [6, 6.07) is 9.25. The van der Waals surface area contributed by atoms with Gasteiger partial charge in [0, 0.05) is 18.5 Å². The molecule has 0 bridgehead atoms. The Kier molecular flexibility index (Phi) is 4.62. The van der Waals surface area contributed by atoms with Gasteiger partial charge in [-0.15, -0.1) is 0 Å². The predicted molar refractivity (Wildman–Crippen MR) is 86.7 cm³/mol. The van der Waals surface area contributed by atoms with Gasteiger partial charge in [0.25, 0.3) is 0 Å². The van der Waals surface area contributed by atoms with E-state index in [0.29, 0.717) is 18.8 Å². The van der Waals surface area contributed by atoms with Crippen LogP contribution < -0.4 is 10.6 Å². The van der Waals surface area contributed by atoms with Crippen LogP contribution in [-0.4, -0.2) is 42.4 Å². The van der Waals surface area contributed by atoms with E-state index in [1.54, 1.807) is 0 Å². The van der Waals surface area contributed by atoms with E-state index in [0.717, 1.165) is 24.1 Å². The van der Waals surface area contributed by atoms with Crippen molar-refractivity contribution in [2.45, 2.75) is 25.9 Å². The van der Waals surface area contributed by atoms with Crippen molar-refractivity contribution in [2.24, 2.45) is 0 Å². The maximum Gasteiger partial charge on any atom is 0.237 e. The molecule has 0 unspecified atom stereocenters. The Hall–Kier alpha value is -2.34. The van der Waals surface area contributed by atoms with Gasteiger partial charge in [-0.2, -0.15) is 0 Å². The number of carbonyl (C=O) groups excluding carboxylic acids is 2. The summed E-state index contributed by atoms with van der Waals surface area (Å²) < 4.78 is 5.67. The molecule has 1 aliphatic rings. The van der Waals surface area contributed by atoms with Crippen LogP contribution in [0.15, 0.2) is 34.7 Å². The number of hydrogen-bond donors (Lipinski definition) is 2. The van der Waals surface area contributed by atoms with Gasteiger partial charge in [0.2, 0.25) is 11.8 Å². The zero-order valence-corrected chi connectivity index (χ0v) is 13.2. The average molecular weight is 315 g/mol. The molecule has 6 nitrogen and oxygen atoms in total. The number of furan rings is 1. The molecule has 122 valence electrons. The second-order valence-corrected chi connectivity index (χ2v) is 5.67. The van der Waals surface area contributed by atoms with Crippen LogP contribution in [0.25, 0.3) is 11.0 Å². The second-order valence-electron chi connectivity index (χ2n) is 5.67. The van der Waals surface area contributed by atoms with E-state index in [1.165, 1.54) is 0 Å². The molecule has 3 rings (SSSR count). The Morgan fingerprint density at radius 1 is 1.43 bits per heavy atom. The van der Waals surface area contributed by atoms with Crippen LogP contribution in [-0.2, 0) is 16.1 Å². The first kappa shape index (κ1) is 15.6. The molecule has 2 heterocycles. The molecule has 1 aromatic carbocycles. The lowest BCUT2D eigenvalue weighted by molar-refractivity contribution is -0.133. The maximum absolute atomic E-state index is 12.1. The fourth-order valence-corrected chi connectivity index (χ4v) is 2.92. The molecule has 2 aromatic rings. The van der Waals surface area contributed by atoms with Crippen molar-refractivity contribution in [3.63, 3.8) is 0 Å². The first-order valence-electron chi connectivity index (χ1n) is 7.93. The molecule has 1 saturated heterocycles. The van der Waals surface area contributed by atoms with E-state index >= 15 is 0 Å². The Bertz CT molecular complexity index is 677. The van der Waals surface area contributed by atoms with Crippen LogP contribution in [0.3, 0.4) is 0 Å². The number of piperazine rings is 1. The van der Waals surface area contributed by atoms with Crippen LogP contribution in [0, 0.1) is 0 Å². The van der Waals surface area contributed by atoms with E-state index in [-0.39, 0.29) is 24.3 Å². The summed E-state index contributed by atoms with van der Waals surface area (Å²) in [6.07, 6.45) is 0.167. The number of nitrogens with one attached hydrogen (secondary N) is 2. The van der Waals surface area contributed by atoms with Gasteiger partial charge in [-0.1, -0.05) is 25.1 Å². The second kappa shape index (κ2) is 6.83. The maximum atomic E-state index is 12.1. The van der Waals surface area contributed by atoms with Gasteiger partial charge in [-0.05, 0) is 18.7 Å². The fraction of sp³-hybridized carbons (Fsp3) is 0.412. The highest BCUT2D eigenvalue weighted by Gasteiger charge is 2.30. The van der Waals surface area contributed by atoms with Crippen molar-refractivity contribution in [3.05, 3.63) is 36.1 Å². The van der Waals surface area contributed by atoms with Crippen LogP contribution in [0.4, 0.5) is 0 Å². The number of rotatable bonds is 5. The first-order chi connectivity index (χ1) is 11.2. The van der Waals surface area contributed by atoms with E-state index in [1.807, 2.05) is 42.2 Å². The van der Waals surface area contributed by atoms with Crippen molar-refractivity contribution in [3.8, 4) is 0 Å². The molecule has 1 atom stereocenters. The number of nitrogens with zero attached hydrogens (tertiary/aromatic N) is 1. The van der Waals surface area contributed by atoms with Crippen LogP contribution in [0.5, 0.6) is 0 Å². The van der Waals surface area contributed by atoms with Gasteiger partial charge >= 0.3 is 0 Å². The Balaban J connectivity index is 1.57. The molecule has 6 heteroatoms. The summed E-state index contributed by atoms with van der Waals surface area (Å²) >= 11 is 0. The number of amides is 2. The molecule has 2 N–H and O–H groups in total. The molecule has 2 amide bonds. The summed E-state index contributed by atoms with van der Waals surface area (Å²) in [5.41, 5.74) is 0.806. The number of benzene rings is 1. The highest BCUT2D eigenvalue weighted by molar-refractivity contribution is 5.88. The predicted octanol–water partition coefficient (Wildman–Crippen LogP) is 1.26. The molecule has 0 aliphatic carbocycles. The van der Waals surface area contributed by atoms with Gasteiger partial charge < -0.3 is 15.1 Å². The number of hydrogen-bond acceptors (Lipinski definition) is 4. The smallest absolute Gasteiger partial charge is 0.237 e. The zero-order valence-electron chi connectivity index (χ0n) is 13.2. The Morgan fingerprint density at radius 3 is 3.04 bits per heavy atom. The van der Waals surface area contributed by atoms with Crippen molar-refractivity contribution >= 4 is 22.8 Å². The van der Waals surface area contributed by atoms with Crippen LogP contribution in [0.1, 0.15) is 19.1 Å². The van der Waals surface area contributed by atoms with Crippen LogP contribution in [0.2, 0.25) is 0 Å². The summed E-state index contributed by atoms with van der Waals surface area (Å²) in [4.78, 5) is 26.1. The minimum Gasteiger partial charge on any atom is -0.459 e. The van der Waals surface area contributed by atoms with Gasteiger partial charge in [0.1, 0.15) is 11.3 Å². The average Bonchev–Trinajstić information content (AvgIpc) is 2.98. The van der Waals surface area contributed by atoms with Crippen molar-refractivity contribution < 1.29 is 14.0 Å². The number of para-hydroxylation sites is 1. The third-order valence-corrected chi connectivity index (χ3v) is 4.16. The molecule has 0 radical (unpaired) electrons. The van der Waals surface area contributed by atoms with E-state index in [9.17, 15) is 9.59 Å². The van der Waals surface area contributed by atoms with Crippen LogP contribution >= 0.6 is 0 Å². The summed E-state index contributed by atoms with van der Waals surface area (Å²) in [7, 11) is 0. The summed E-state index contributed by atoms with van der Waals surface area (Å²) in [5.74, 6) is 0.489. The summed E-state index contributed by atoms with van der Waals surface area (Å²) in [6.45, 7) is 4.51. The molecule has 1 aromatic heterocycles. The van der Waals surface area contributed by atoms with Crippen molar-refractivity contribution in [2.75, 3.05) is 19.6 Å². The Labute approximate surface area is 134 Å². The van der Waals surface area contributed by atoms with Gasteiger partial charge in [0.15, 0.2) is 0 Å². The highest BCUT2D eigenvalue weighted by atomic mass is 16.3. The van der Waals surface area contributed by atoms with E-state index in [4.69, 9.17) is 4.42 Å². The normalized spacial score (nSPS) is 18.8. The number of likely N-dealkylation sites (N-methyl/N-ethyl adjacent to an activating group) is 1. The van der Waals surface area contributed by atoms with Crippen molar-refractivity contribution in [1.82, 2.24) is 15.5 Å². The third-order valence-electron chi connectivity index (χ3n) is 4.16. The molecule has 1 fully saturated rings. The van der Waals surface area contributed by atoms with Gasteiger partial charge in [-0.25, -0.2) is 0 Å². The monoisotopic (exact) mass is 315 g/mol. The lowest BCUT2D eigenvalue weighted by Crippen LogP contribution is -2.56. The Morgan fingerprint density at radius 2 is 2.26 bits per heavy atom. The minimum absolute atomic E-state index is 0.0722. The fourth-order valence-electron chi connectivity index (χ4n) is 2.92. The largest absolute Gasteiger partial charge is 0.459 e. The number of carbonyl (C=O) groups is 2. The minimum atomic E-state index is -0.385. The third kappa shape index (κ3) is 3.53. The lowest BCUT2D eigenvalue weighted by Gasteiger charge is -2.33. The standard InChI is InChI=1S/C17H21N3O3/c1-2-20-8-7-18-17(22)14(20)10-16(21)19-11-13-9-12-5-3-4-6-15(12)23-13/h3-6,9,14H,2,7-8,10-11H2,1H3,(H,18,22)(H,19,21)/t14-/m0/s1. The van der Waals surface area contributed by atoms with Gasteiger partial charge in [0.05, 0.1) is 19.0 Å². The van der Waals surface area contributed by atoms with E-state index < -0.39 is 0 Å². The van der Waals surface area contributed by atoms with Gasteiger partial charge in [-0.3, -0.25) is 14.5 Å². The highest BCUT2D eigenvalue weighted by Crippen LogP contribution is 2.18.